The highest BCUT2D eigenvalue weighted by Crippen LogP contribution is 2.38. The molecule has 5 heteroatoms. The summed E-state index contributed by atoms with van der Waals surface area (Å²) in [5.41, 5.74) is 0.766. The molecule has 2 N–H and O–H groups in total. The second kappa shape index (κ2) is 6.12. The van der Waals surface area contributed by atoms with Gasteiger partial charge in [-0.1, -0.05) is 11.6 Å². The molecule has 1 amide bonds. The summed E-state index contributed by atoms with van der Waals surface area (Å²) in [5.74, 6) is 0.670. The molecule has 1 aromatic carbocycles. The van der Waals surface area contributed by atoms with Gasteiger partial charge in [-0.2, -0.15) is 0 Å². The van der Waals surface area contributed by atoms with Crippen LogP contribution in [0.1, 0.15) is 19.3 Å². The van der Waals surface area contributed by atoms with E-state index in [-0.39, 0.29) is 5.91 Å². The Morgan fingerprint density at radius 2 is 2.00 bits per heavy atom. The van der Waals surface area contributed by atoms with Gasteiger partial charge in [0.25, 0.3) is 0 Å². The highest BCUT2D eigenvalue weighted by molar-refractivity contribution is 6.30. The minimum atomic E-state index is -0.0335. The van der Waals surface area contributed by atoms with E-state index in [4.69, 9.17) is 16.3 Å². The molecule has 2 atom stereocenters. The summed E-state index contributed by atoms with van der Waals surface area (Å²) < 4.78 is 5.74. The fourth-order valence-corrected chi connectivity index (χ4v) is 2.81. The highest BCUT2D eigenvalue weighted by Gasteiger charge is 2.40. The fourth-order valence-electron chi connectivity index (χ4n) is 2.68. The van der Waals surface area contributed by atoms with Gasteiger partial charge in [0.05, 0.1) is 12.6 Å². The zero-order chi connectivity index (χ0) is 13.9. The van der Waals surface area contributed by atoms with Gasteiger partial charge in [0.15, 0.2) is 0 Å². The van der Waals surface area contributed by atoms with E-state index in [1.165, 1.54) is 12.8 Å². The van der Waals surface area contributed by atoms with Gasteiger partial charge in [0, 0.05) is 23.4 Å². The van der Waals surface area contributed by atoms with Crippen molar-refractivity contribution in [3.8, 4) is 0 Å². The van der Waals surface area contributed by atoms with E-state index in [1.54, 1.807) is 24.3 Å². The van der Waals surface area contributed by atoms with Crippen molar-refractivity contribution in [2.45, 2.75) is 31.4 Å². The number of anilines is 1. The molecule has 4 nitrogen and oxygen atoms in total. The van der Waals surface area contributed by atoms with Crippen molar-refractivity contribution in [2.24, 2.45) is 5.92 Å². The number of hydrogen-bond donors (Lipinski definition) is 2. The van der Waals surface area contributed by atoms with Crippen LogP contribution < -0.4 is 10.6 Å². The van der Waals surface area contributed by atoms with E-state index in [2.05, 4.69) is 10.6 Å². The van der Waals surface area contributed by atoms with Gasteiger partial charge in [-0.3, -0.25) is 4.79 Å². The first-order valence-electron chi connectivity index (χ1n) is 7.13. The van der Waals surface area contributed by atoms with Gasteiger partial charge in [-0.05, 0) is 49.4 Å². The third-order valence-corrected chi connectivity index (χ3v) is 4.13. The second-order valence-electron chi connectivity index (χ2n) is 5.50. The van der Waals surface area contributed by atoms with Crippen LogP contribution in [-0.2, 0) is 9.53 Å². The Labute approximate surface area is 123 Å². The molecule has 2 unspecified atom stereocenters. The van der Waals surface area contributed by atoms with Crippen LogP contribution in [0.3, 0.4) is 0 Å². The molecule has 20 heavy (non-hydrogen) atoms. The Bertz CT molecular complexity index is 473. The van der Waals surface area contributed by atoms with E-state index in [0.717, 1.165) is 18.7 Å². The molecule has 1 saturated heterocycles. The summed E-state index contributed by atoms with van der Waals surface area (Å²) in [4.78, 5) is 11.9. The van der Waals surface area contributed by atoms with Crippen molar-refractivity contribution in [3.05, 3.63) is 29.3 Å². The van der Waals surface area contributed by atoms with Crippen LogP contribution in [0, 0.1) is 5.92 Å². The molecule has 108 valence electrons. The van der Waals surface area contributed by atoms with Gasteiger partial charge in [-0.15, -0.1) is 0 Å². The van der Waals surface area contributed by atoms with E-state index in [0.29, 0.717) is 29.6 Å². The van der Waals surface area contributed by atoms with Crippen LogP contribution in [0.15, 0.2) is 24.3 Å². The SMILES string of the molecule is O=C(CNC1CCOC1C1CC1)Nc1ccc(Cl)cc1. The van der Waals surface area contributed by atoms with Gasteiger partial charge >= 0.3 is 0 Å². The van der Waals surface area contributed by atoms with Gasteiger partial charge in [-0.25, -0.2) is 0 Å². The maximum absolute atomic E-state index is 11.9. The largest absolute Gasteiger partial charge is 0.376 e. The maximum atomic E-state index is 11.9. The summed E-state index contributed by atoms with van der Waals surface area (Å²) in [5, 5.41) is 6.84. The Morgan fingerprint density at radius 3 is 2.70 bits per heavy atom. The number of hydrogen-bond acceptors (Lipinski definition) is 3. The molecule has 3 rings (SSSR count). The van der Waals surface area contributed by atoms with Gasteiger partial charge in [0.2, 0.25) is 5.91 Å². The molecule has 2 fully saturated rings. The van der Waals surface area contributed by atoms with Crippen molar-refractivity contribution in [2.75, 3.05) is 18.5 Å². The number of carbonyl (C=O) groups excluding carboxylic acids is 1. The molecule has 1 saturated carbocycles. The number of ether oxygens (including phenoxy) is 1. The van der Waals surface area contributed by atoms with Crippen LogP contribution in [0.5, 0.6) is 0 Å². The van der Waals surface area contributed by atoms with Gasteiger partial charge < -0.3 is 15.4 Å². The smallest absolute Gasteiger partial charge is 0.238 e. The average Bonchev–Trinajstić information content (AvgIpc) is 3.18. The Balaban J connectivity index is 1.45. The lowest BCUT2D eigenvalue weighted by molar-refractivity contribution is -0.115. The minimum absolute atomic E-state index is 0.0335. The Kier molecular flexibility index (Phi) is 4.24. The lowest BCUT2D eigenvalue weighted by Gasteiger charge is -2.19. The van der Waals surface area contributed by atoms with Gasteiger partial charge in [0.1, 0.15) is 0 Å². The quantitative estimate of drug-likeness (QED) is 0.877. The van der Waals surface area contributed by atoms with Crippen LogP contribution in [-0.4, -0.2) is 31.2 Å². The number of rotatable bonds is 5. The van der Waals surface area contributed by atoms with Crippen molar-refractivity contribution in [3.63, 3.8) is 0 Å². The lowest BCUT2D eigenvalue weighted by atomic mass is 10.1. The summed E-state index contributed by atoms with van der Waals surface area (Å²) in [7, 11) is 0. The van der Waals surface area contributed by atoms with Crippen LogP contribution in [0.25, 0.3) is 0 Å². The first-order chi connectivity index (χ1) is 9.72. The molecular formula is C15H19ClN2O2. The van der Waals surface area contributed by atoms with E-state index < -0.39 is 0 Å². The second-order valence-corrected chi connectivity index (χ2v) is 5.94. The highest BCUT2D eigenvalue weighted by atomic mass is 35.5. The molecule has 1 heterocycles. The van der Waals surface area contributed by atoms with Crippen molar-refractivity contribution >= 4 is 23.2 Å². The number of nitrogens with one attached hydrogen (secondary N) is 2. The topological polar surface area (TPSA) is 50.4 Å². The molecule has 0 aromatic heterocycles. The molecular weight excluding hydrogens is 276 g/mol. The average molecular weight is 295 g/mol. The van der Waals surface area contributed by atoms with Crippen LogP contribution >= 0.6 is 11.6 Å². The Morgan fingerprint density at radius 1 is 1.25 bits per heavy atom. The predicted octanol–water partition coefficient (Wildman–Crippen LogP) is 2.44. The molecule has 0 spiro atoms. The zero-order valence-corrected chi connectivity index (χ0v) is 12.0. The Hall–Kier alpha value is -1.10. The molecule has 0 bridgehead atoms. The molecule has 2 aliphatic rings. The monoisotopic (exact) mass is 294 g/mol. The predicted molar refractivity (Wildman–Crippen MR) is 79.0 cm³/mol. The summed E-state index contributed by atoms with van der Waals surface area (Å²) in [6.07, 6.45) is 3.83. The standard InChI is InChI=1S/C15H19ClN2O2/c16-11-3-5-12(6-4-11)18-14(19)9-17-13-7-8-20-15(13)10-1-2-10/h3-6,10,13,15,17H,1-2,7-9H2,(H,18,19). The fraction of sp³-hybridized carbons (Fsp3) is 0.533. The maximum Gasteiger partial charge on any atom is 0.238 e. The van der Waals surface area contributed by atoms with Crippen molar-refractivity contribution < 1.29 is 9.53 Å². The summed E-state index contributed by atoms with van der Waals surface area (Å²) in [6, 6.07) is 7.44. The number of carbonyl (C=O) groups is 1. The molecule has 1 aromatic rings. The lowest BCUT2D eigenvalue weighted by Crippen LogP contribution is -2.41. The van der Waals surface area contributed by atoms with Crippen LogP contribution in [0.2, 0.25) is 5.02 Å². The zero-order valence-electron chi connectivity index (χ0n) is 11.3. The normalized spacial score (nSPS) is 25.6. The van der Waals surface area contributed by atoms with Crippen LogP contribution in [0.4, 0.5) is 5.69 Å². The van der Waals surface area contributed by atoms with E-state index in [9.17, 15) is 4.79 Å². The summed E-state index contributed by atoms with van der Waals surface area (Å²) >= 11 is 5.81. The number of amides is 1. The minimum Gasteiger partial charge on any atom is -0.376 e. The third kappa shape index (κ3) is 3.51. The molecule has 1 aliphatic heterocycles. The van der Waals surface area contributed by atoms with Crippen molar-refractivity contribution in [1.29, 1.82) is 0 Å². The summed E-state index contributed by atoms with van der Waals surface area (Å²) in [6.45, 7) is 1.12. The van der Waals surface area contributed by atoms with E-state index in [1.807, 2.05) is 0 Å². The third-order valence-electron chi connectivity index (χ3n) is 3.88. The van der Waals surface area contributed by atoms with E-state index >= 15 is 0 Å². The number of halogens is 1. The number of benzene rings is 1. The molecule has 1 aliphatic carbocycles. The molecule has 0 radical (unpaired) electrons. The first kappa shape index (κ1) is 13.9. The first-order valence-corrected chi connectivity index (χ1v) is 7.50. The van der Waals surface area contributed by atoms with Crippen molar-refractivity contribution in [1.82, 2.24) is 5.32 Å².